The van der Waals surface area contributed by atoms with Gasteiger partial charge in [-0.15, -0.1) is 11.3 Å². The van der Waals surface area contributed by atoms with Gasteiger partial charge in [-0.25, -0.2) is 5.43 Å². The first-order valence-corrected chi connectivity index (χ1v) is 10.0. The van der Waals surface area contributed by atoms with Crippen LogP contribution in [0.5, 0.6) is 0 Å². The first-order chi connectivity index (χ1) is 14.5. The summed E-state index contributed by atoms with van der Waals surface area (Å²) in [6.07, 6.45) is 0. The third-order valence-electron chi connectivity index (χ3n) is 4.47. The number of carbonyl (C=O) groups excluding carboxylic acids is 2. The third-order valence-corrected chi connectivity index (χ3v) is 5.44. The summed E-state index contributed by atoms with van der Waals surface area (Å²) >= 11 is 1.52. The van der Waals surface area contributed by atoms with E-state index in [0.717, 1.165) is 15.6 Å². The van der Waals surface area contributed by atoms with Gasteiger partial charge in [0.1, 0.15) is 5.76 Å². The molecular weight excluding hydrogens is 400 g/mol. The van der Waals surface area contributed by atoms with Crippen molar-refractivity contribution in [1.82, 2.24) is 10.6 Å². The van der Waals surface area contributed by atoms with Crippen LogP contribution in [0.15, 0.2) is 69.6 Å². The smallest absolute Gasteiger partial charge is 0.277 e. The number of amides is 2. The molecule has 0 saturated carbocycles. The summed E-state index contributed by atoms with van der Waals surface area (Å²) in [5.41, 5.74) is 5.52. The quantitative estimate of drug-likeness (QED) is 0.365. The number of fused-ring (bicyclic) bond motifs is 1. The molecule has 7 nitrogen and oxygen atoms in total. The van der Waals surface area contributed by atoms with E-state index in [0.29, 0.717) is 22.7 Å². The number of nitrogens with one attached hydrogen (secondary N) is 2. The second kappa shape index (κ2) is 8.30. The molecule has 0 atom stereocenters. The van der Waals surface area contributed by atoms with Gasteiger partial charge in [-0.05, 0) is 37.6 Å². The minimum atomic E-state index is -0.347. The van der Waals surface area contributed by atoms with Crippen molar-refractivity contribution in [3.63, 3.8) is 0 Å². The molecule has 0 aliphatic carbocycles. The van der Waals surface area contributed by atoms with E-state index in [2.05, 4.69) is 21.0 Å². The molecule has 2 amide bonds. The molecule has 4 aromatic rings. The van der Waals surface area contributed by atoms with Crippen molar-refractivity contribution in [3.05, 3.63) is 82.6 Å². The first kappa shape index (κ1) is 19.5. The average molecular weight is 418 g/mol. The Hall–Kier alpha value is -3.78. The highest BCUT2D eigenvalue weighted by molar-refractivity contribution is 7.17. The molecule has 2 heterocycles. The van der Waals surface area contributed by atoms with Crippen molar-refractivity contribution in [1.29, 1.82) is 0 Å². The zero-order valence-electron chi connectivity index (χ0n) is 16.3. The minimum absolute atomic E-state index is 0.220. The van der Waals surface area contributed by atoms with Crippen molar-refractivity contribution < 1.29 is 14.1 Å². The van der Waals surface area contributed by atoms with Crippen molar-refractivity contribution in [2.24, 2.45) is 5.10 Å². The molecule has 0 bridgehead atoms. The maximum atomic E-state index is 12.5. The van der Waals surface area contributed by atoms with Gasteiger partial charge in [-0.1, -0.05) is 35.5 Å². The second-order valence-corrected chi connectivity index (χ2v) is 7.55. The molecule has 0 aliphatic heterocycles. The minimum Gasteiger partial charge on any atom is -0.361 e. The van der Waals surface area contributed by atoms with Crippen molar-refractivity contribution in [3.8, 4) is 0 Å². The Morgan fingerprint density at radius 3 is 2.57 bits per heavy atom. The molecule has 150 valence electrons. The van der Waals surface area contributed by atoms with Crippen LogP contribution in [0.1, 0.15) is 39.1 Å². The van der Waals surface area contributed by atoms with Crippen molar-refractivity contribution in [2.45, 2.75) is 13.8 Å². The fraction of sp³-hybridized carbons (Fsp3) is 0.0909. The summed E-state index contributed by atoms with van der Waals surface area (Å²) in [5, 5.41) is 13.4. The van der Waals surface area contributed by atoms with Gasteiger partial charge < -0.3 is 9.84 Å². The zero-order valence-corrected chi connectivity index (χ0v) is 17.1. The standard InChI is InChI=1S/C22H18N4O3S/c1-13-11-19(26-29-13)22(28)23-16-9-7-15(8-10-16)14(2)24-25-21(27)18-12-30-20-6-4-3-5-17(18)20/h3-12H,1-2H3,(H,23,28)(H,25,27)/b24-14-. The van der Waals surface area contributed by atoms with E-state index < -0.39 is 0 Å². The highest BCUT2D eigenvalue weighted by Crippen LogP contribution is 2.25. The number of rotatable bonds is 5. The van der Waals surface area contributed by atoms with Gasteiger partial charge >= 0.3 is 0 Å². The van der Waals surface area contributed by atoms with E-state index in [1.807, 2.05) is 41.8 Å². The van der Waals surface area contributed by atoms with Crippen molar-refractivity contribution in [2.75, 3.05) is 5.32 Å². The fourth-order valence-electron chi connectivity index (χ4n) is 2.88. The van der Waals surface area contributed by atoms with Crippen LogP contribution >= 0.6 is 11.3 Å². The number of benzene rings is 2. The van der Waals surface area contributed by atoms with Gasteiger partial charge in [0.05, 0.1) is 11.3 Å². The molecule has 4 rings (SSSR count). The van der Waals surface area contributed by atoms with E-state index in [9.17, 15) is 9.59 Å². The molecule has 30 heavy (non-hydrogen) atoms. The van der Waals surface area contributed by atoms with Crippen LogP contribution in [0.3, 0.4) is 0 Å². The highest BCUT2D eigenvalue weighted by Gasteiger charge is 2.12. The SMILES string of the molecule is C/C(=N/NC(=O)c1csc2ccccc12)c1ccc(NC(=O)c2cc(C)on2)cc1. The van der Waals surface area contributed by atoms with E-state index in [4.69, 9.17) is 4.52 Å². The normalized spacial score (nSPS) is 11.5. The van der Waals surface area contributed by atoms with Crippen LogP contribution < -0.4 is 10.7 Å². The Morgan fingerprint density at radius 1 is 1.07 bits per heavy atom. The lowest BCUT2D eigenvalue weighted by molar-refractivity contribution is 0.0955. The summed E-state index contributed by atoms with van der Waals surface area (Å²) in [7, 11) is 0. The monoisotopic (exact) mass is 418 g/mol. The molecule has 2 N–H and O–H groups in total. The highest BCUT2D eigenvalue weighted by atomic mass is 32.1. The van der Waals surface area contributed by atoms with Gasteiger partial charge in [-0.3, -0.25) is 9.59 Å². The second-order valence-electron chi connectivity index (χ2n) is 6.64. The fourth-order valence-corrected chi connectivity index (χ4v) is 3.82. The molecule has 0 fully saturated rings. The van der Waals surface area contributed by atoms with E-state index in [1.54, 1.807) is 32.0 Å². The zero-order chi connectivity index (χ0) is 21.1. The van der Waals surface area contributed by atoms with Crippen LogP contribution in [0.25, 0.3) is 10.1 Å². The van der Waals surface area contributed by atoms with Crippen LogP contribution in [0.4, 0.5) is 5.69 Å². The molecule has 0 spiro atoms. The molecular formula is C22H18N4O3S. The third kappa shape index (κ3) is 4.13. The topological polar surface area (TPSA) is 96.6 Å². The number of anilines is 1. The lowest BCUT2D eigenvalue weighted by atomic mass is 10.1. The average Bonchev–Trinajstić information content (AvgIpc) is 3.39. The first-order valence-electron chi connectivity index (χ1n) is 9.17. The molecule has 0 aliphatic rings. The lowest BCUT2D eigenvalue weighted by Gasteiger charge is -2.06. The van der Waals surface area contributed by atoms with Crippen LogP contribution in [0, 0.1) is 6.92 Å². The lowest BCUT2D eigenvalue weighted by Crippen LogP contribution is -2.19. The van der Waals surface area contributed by atoms with Gasteiger partial charge in [0.25, 0.3) is 11.8 Å². The number of hydrazone groups is 1. The van der Waals surface area contributed by atoms with E-state index in [-0.39, 0.29) is 17.5 Å². The maximum Gasteiger partial charge on any atom is 0.277 e. The largest absolute Gasteiger partial charge is 0.361 e. The van der Waals surface area contributed by atoms with Gasteiger partial charge in [0.15, 0.2) is 5.69 Å². The van der Waals surface area contributed by atoms with Crippen molar-refractivity contribution >= 4 is 44.6 Å². The molecule has 2 aromatic carbocycles. The van der Waals surface area contributed by atoms with E-state index in [1.165, 1.54) is 11.3 Å². The summed E-state index contributed by atoms with van der Waals surface area (Å²) in [6, 6.07) is 16.5. The number of thiophene rings is 1. The van der Waals surface area contributed by atoms with Crippen LogP contribution in [-0.2, 0) is 0 Å². The molecule has 0 radical (unpaired) electrons. The number of nitrogens with zero attached hydrogens (tertiary/aromatic N) is 2. The number of carbonyl (C=O) groups is 2. The van der Waals surface area contributed by atoms with Gasteiger partial charge in [-0.2, -0.15) is 5.10 Å². The number of hydrogen-bond donors (Lipinski definition) is 2. The number of aryl methyl sites for hydroxylation is 1. The molecule has 0 saturated heterocycles. The summed E-state index contributed by atoms with van der Waals surface area (Å²) in [4.78, 5) is 24.6. The van der Waals surface area contributed by atoms with Gasteiger partial charge in [0.2, 0.25) is 0 Å². The summed E-state index contributed by atoms with van der Waals surface area (Å²) < 4.78 is 5.97. The Kier molecular flexibility index (Phi) is 5.40. The molecule has 8 heteroatoms. The van der Waals surface area contributed by atoms with Crippen LogP contribution in [-0.4, -0.2) is 22.7 Å². The van der Waals surface area contributed by atoms with Gasteiger partial charge in [0, 0.05) is 27.2 Å². The number of hydrogen-bond acceptors (Lipinski definition) is 6. The predicted octanol–water partition coefficient (Wildman–Crippen LogP) is 4.60. The molecule has 0 unspecified atom stereocenters. The predicted molar refractivity (Wildman–Crippen MR) is 117 cm³/mol. The van der Waals surface area contributed by atoms with E-state index >= 15 is 0 Å². The van der Waals surface area contributed by atoms with Crippen LogP contribution in [0.2, 0.25) is 0 Å². The Balaban J connectivity index is 1.41. The Bertz CT molecular complexity index is 1250. The Labute approximate surface area is 176 Å². The number of aromatic nitrogens is 1. The Morgan fingerprint density at radius 2 is 1.83 bits per heavy atom. The summed E-state index contributed by atoms with van der Waals surface area (Å²) in [6.45, 7) is 3.53. The summed E-state index contributed by atoms with van der Waals surface area (Å²) in [5.74, 6) is -0.0290. The molecule has 2 aromatic heterocycles. The maximum absolute atomic E-state index is 12.5.